The fourth-order valence-electron chi connectivity index (χ4n) is 2.59. The molecule has 0 aliphatic rings. The van der Waals surface area contributed by atoms with Gasteiger partial charge in [-0.15, -0.1) is 0 Å². The van der Waals surface area contributed by atoms with Gasteiger partial charge in [-0.25, -0.2) is 14.8 Å². The maximum absolute atomic E-state index is 12.1. The van der Waals surface area contributed by atoms with E-state index in [1.54, 1.807) is 12.4 Å². The number of benzene rings is 1. The zero-order valence-electron chi connectivity index (χ0n) is 11.9. The molecule has 0 bridgehead atoms. The second-order valence-electron chi connectivity index (χ2n) is 4.80. The fourth-order valence-corrected chi connectivity index (χ4v) is 2.59. The zero-order valence-corrected chi connectivity index (χ0v) is 11.9. The van der Waals surface area contributed by atoms with Gasteiger partial charge in [-0.2, -0.15) is 0 Å². The molecule has 3 rings (SSSR count). The first-order chi connectivity index (χ1) is 10.2. The van der Waals surface area contributed by atoms with E-state index in [4.69, 9.17) is 4.74 Å². The first-order valence-electron chi connectivity index (χ1n) is 6.62. The van der Waals surface area contributed by atoms with Crippen molar-refractivity contribution >= 4 is 16.9 Å². The minimum atomic E-state index is -0.313. The lowest BCUT2D eigenvalue weighted by atomic mass is 10.1. The number of methoxy groups -OCH3 is 1. The molecule has 5 heteroatoms. The average molecular weight is 281 g/mol. The van der Waals surface area contributed by atoms with Crippen LogP contribution in [0.15, 0.2) is 43.0 Å². The number of esters is 1. The summed E-state index contributed by atoms with van der Waals surface area (Å²) < 4.78 is 7.00. The van der Waals surface area contributed by atoms with E-state index in [-0.39, 0.29) is 5.97 Å². The number of rotatable bonds is 3. The molecule has 0 aliphatic carbocycles. The van der Waals surface area contributed by atoms with E-state index in [9.17, 15) is 4.79 Å². The normalized spacial score (nSPS) is 10.8. The molecular weight excluding hydrogens is 266 g/mol. The Kier molecular flexibility index (Phi) is 3.39. The average Bonchev–Trinajstić information content (AvgIpc) is 2.80. The van der Waals surface area contributed by atoms with Gasteiger partial charge in [-0.3, -0.25) is 0 Å². The van der Waals surface area contributed by atoms with Crippen molar-refractivity contribution in [2.45, 2.75) is 13.5 Å². The predicted octanol–water partition coefficient (Wildman–Crippen LogP) is 2.57. The predicted molar refractivity (Wildman–Crippen MR) is 79.1 cm³/mol. The van der Waals surface area contributed by atoms with Crippen molar-refractivity contribution in [3.63, 3.8) is 0 Å². The number of hydrogen-bond acceptors (Lipinski definition) is 4. The van der Waals surface area contributed by atoms with Gasteiger partial charge in [0.1, 0.15) is 6.33 Å². The Morgan fingerprint density at radius 3 is 2.67 bits per heavy atom. The summed E-state index contributed by atoms with van der Waals surface area (Å²) in [6, 6.07) is 7.82. The van der Waals surface area contributed by atoms with Crippen molar-refractivity contribution in [2.75, 3.05) is 7.11 Å². The summed E-state index contributed by atoms with van der Waals surface area (Å²) in [4.78, 5) is 20.1. The Labute approximate surface area is 122 Å². The highest BCUT2D eigenvalue weighted by Crippen LogP contribution is 2.27. The minimum absolute atomic E-state index is 0.313. The highest BCUT2D eigenvalue weighted by molar-refractivity contribution is 6.05. The number of carbonyl (C=O) groups excluding carboxylic acids is 1. The third-order valence-electron chi connectivity index (χ3n) is 3.58. The Morgan fingerprint density at radius 1 is 1.24 bits per heavy atom. The Morgan fingerprint density at radius 2 is 1.95 bits per heavy atom. The first kappa shape index (κ1) is 13.3. The number of nitrogens with zero attached hydrogens (tertiary/aromatic N) is 3. The number of aromatic nitrogens is 3. The van der Waals surface area contributed by atoms with E-state index in [2.05, 4.69) is 14.5 Å². The molecule has 2 heterocycles. The largest absolute Gasteiger partial charge is 0.465 e. The van der Waals surface area contributed by atoms with E-state index in [1.807, 2.05) is 31.2 Å². The fraction of sp³-hybridized carbons (Fsp3) is 0.188. The number of hydrogen-bond donors (Lipinski definition) is 0. The van der Waals surface area contributed by atoms with Crippen LogP contribution in [-0.2, 0) is 11.3 Å². The lowest BCUT2D eigenvalue weighted by Crippen LogP contribution is -2.06. The molecule has 0 unspecified atom stereocenters. The van der Waals surface area contributed by atoms with E-state index in [0.29, 0.717) is 12.1 Å². The van der Waals surface area contributed by atoms with Crippen LogP contribution in [0.3, 0.4) is 0 Å². The van der Waals surface area contributed by atoms with Gasteiger partial charge in [0, 0.05) is 34.6 Å². The maximum atomic E-state index is 12.1. The smallest absolute Gasteiger partial charge is 0.340 e. The lowest BCUT2D eigenvalue weighted by Gasteiger charge is -2.08. The van der Waals surface area contributed by atoms with Crippen molar-refractivity contribution in [3.8, 4) is 0 Å². The van der Waals surface area contributed by atoms with E-state index in [0.717, 1.165) is 22.2 Å². The Hall–Kier alpha value is -2.69. The minimum Gasteiger partial charge on any atom is -0.465 e. The van der Waals surface area contributed by atoms with Crippen LogP contribution in [0, 0.1) is 6.92 Å². The molecule has 106 valence electrons. The van der Waals surface area contributed by atoms with Crippen LogP contribution in [0.25, 0.3) is 10.9 Å². The van der Waals surface area contributed by atoms with Crippen LogP contribution in [0.1, 0.15) is 21.6 Å². The van der Waals surface area contributed by atoms with Gasteiger partial charge in [0.2, 0.25) is 0 Å². The summed E-state index contributed by atoms with van der Waals surface area (Å²) in [7, 11) is 1.40. The van der Waals surface area contributed by atoms with Crippen LogP contribution in [0.4, 0.5) is 0 Å². The quantitative estimate of drug-likeness (QED) is 0.692. The Balaban J connectivity index is 2.18. The standard InChI is InChI=1S/C16H15N3O2/c1-11-15(16(20)21-2)13-5-3-4-6-14(13)19(11)9-12-7-17-10-18-8-12/h3-8,10H,9H2,1-2H3. The van der Waals surface area contributed by atoms with Crippen LogP contribution < -0.4 is 0 Å². The van der Waals surface area contributed by atoms with Gasteiger partial charge in [0.25, 0.3) is 0 Å². The number of ether oxygens (including phenoxy) is 1. The molecule has 0 atom stereocenters. The molecule has 2 aromatic heterocycles. The van der Waals surface area contributed by atoms with Gasteiger partial charge in [0.05, 0.1) is 19.2 Å². The van der Waals surface area contributed by atoms with E-state index >= 15 is 0 Å². The molecule has 0 aliphatic heterocycles. The van der Waals surface area contributed by atoms with Gasteiger partial charge in [-0.05, 0) is 13.0 Å². The summed E-state index contributed by atoms with van der Waals surface area (Å²) in [6.45, 7) is 2.54. The SMILES string of the molecule is COC(=O)c1c(C)n(Cc2cncnc2)c2ccccc12. The third kappa shape index (κ3) is 2.27. The molecule has 0 fully saturated rings. The van der Waals surface area contributed by atoms with E-state index in [1.165, 1.54) is 13.4 Å². The lowest BCUT2D eigenvalue weighted by molar-refractivity contribution is 0.0602. The second-order valence-corrected chi connectivity index (χ2v) is 4.80. The summed E-state index contributed by atoms with van der Waals surface area (Å²) in [5.41, 5.74) is 3.48. The Bertz CT molecular complexity index is 794. The zero-order chi connectivity index (χ0) is 14.8. The summed E-state index contributed by atoms with van der Waals surface area (Å²) >= 11 is 0. The highest BCUT2D eigenvalue weighted by Gasteiger charge is 2.20. The number of carbonyl (C=O) groups is 1. The number of para-hydroxylation sites is 1. The van der Waals surface area contributed by atoms with Crippen molar-refractivity contribution in [1.82, 2.24) is 14.5 Å². The summed E-state index contributed by atoms with van der Waals surface area (Å²) in [5.74, 6) is -0.313. The molecule has 0 N–H and O–H groups in total. The van der Waals surface area contributed by atoms with Crippen LogP contribution in [0.5, 0.6) is 0 Å². The van der Waals surface area contributed by atoms with Crippen molar-refractivity contribution in [2.24, 2.45) is 0 Å². The molecule has 0 saturated carbocycles. The topological polar surface area (TPSA) is 57.0 Å². The highest BCUT2D eigenvalue weighted by atomic mass is 16.5. The molecular formula is C16H15N3O2. The maximum Gasteiger partial charge on any atom is 0.340 e. The van der Waals surface area contributed by atoms with Crippen LogP contribution >= 0.6 is 0 Å². The van der Waals surface area contributed by atoms with Crippen molar-refractivity contribution in [3.05, 3.63) is 59.8 Å². The molecule has 21 heavy (non-hydrogen) atoms. The van der Waals surface area contributed by atoms with Crippen molar-refractivity contribution in [1.29, 1.82) is 0 Å². The second kappa shape index (κ2) is 5.36. The van der Waals surface area contributed by atoms with Gasteiger partial charge >= 0.3 is 5.97 Å². The van der Waals surface area contributed by atoms with Crippen LogP contribution in [0.2, 0.25) is 0 Å². The first-order valence-corrected chi connectivity index (χ1v) is 6.62. The van der Waals surface area contributed by atoms with E-state index < -0.39 is 0 Å². The van der Waals surface area contributed by atoms with Crippen molar-refractivity contribution < 1.29 is 9.53 Å². The number of fused-ring (bicyclic) bond motifs is 1. The van der Waals surface area contributed by atoms with Gasteiger partial charge in [-0.1, -0.05) is 18.2 Å². The molecule has 3 aromatic rings. The van der Waals surface area contributed by atoms with Gasteiger partial charge in [0.15, 0.2) is 0 Å². The molecule has 0 amide bonds. The monoisotopic (exact) mass is 281 g/mol. The third-order valence-corrected chi connectivity index (χ3v) is 3.58. The van der Waals surface area contributed by atoms with Crippen LogP contribution in [-0.4, -0.2) is 27.6 Å². The summed E-state index contributed by atoms with van der Waals surface area (Å²) in [6.07, 6.45) is 5.06. The van der Waals surface area contributed by atoms with Gasteiger partial charge < -0.3 is 9.30 Å². The molecule has 1 aromatic carbocycles. The molecule has 0 spiro atoms. The summed E-state index contributed by atoms with van der Waals surface area (Å²) in [5, 5.41) is 0.902. The molecule has 0 radical (unpaired) electrons. The molecule has 0 saturated heterocycles. The molecule has 5 nitrogen and oxygen atoms in total.